The molecule has 39 heavy (non-hydrogen) atoms. The summed E-state index contributed by atoms with van der Waals surface area (Å²) in [7, 11) is 0. The Labute approximate surface area is 232 Å². The van der Waals surface area contributed by atoms with Gasteiger partial charge in [-0.25, -0.2) is 4.99 Å². The summed E-state index contributed by atoms with van der Waals surface area (Å²) >= 11 is 0. The lowest BCUT2D eigenvalue weighted by molar-refractivity contribution is 0.197. The van der Waals surface area contributed by atoms with Gasteiger partial charge >= 0.3 is 0 Å². The first kappa shape index (κ1) is 24.4. The maximum atomic E-state index is 6.92. The van der Waals surface area contributed by atoms with Crippen LogP contribution in [-0.4, -0.2) is 5.90 Å². The standard InChI is InChI=1S/C37H37NO/c1-24-14-12-20-28-30(24)37(22-35(28,2)3)23-36(4,5)29-21-13-19-27(31(29)37)34-38-32(25-15-8-6-9-16-25)33(39-34)26-17-10-7-11-18-26/h6-21,32-33H,22-23H2,1-5H3/t32-,33-,37-/m0/s1. The molecule has 0 radical (unpaired) electrons. The molecule has 0 N–H and O–H groups in total. The van der Waals surface area contributed by atoms with Gasteiger partial charge in [0.25, 0.3) is 0 Å². The molecule has 2 aliphatic carbocycles. The van der Waals surface area contributed by atoms with Crippen molar-refractivity contribution in [3.8, 4) is 0 Å². The molecule has 4 aromatic carbocycles. The summed E-state index contributed by atoms with van der Waals surface area (Å²) in [5.74, 6) is 0.784. The highest BCUT2D eigenvalue weighted by Gasteiger charge is 2.58. The van der Waals surface area contributed by atoms with Gasteiger partial charge in [0, 0.05) is 11.0 Å². The highest BCUT2D eigenvalue weighted by atomic mass is 16.5. The number of hydrogen-bond donors (Lipinski definition) is 0. The van der Waals surface area contributed by atoms with Gasteiger partial charge in [-0.15, -0.1) is 0 Å². The van der Waals surface area contributed by atoms with Crippen LogP contribution in [-0.2, 0) is 21.0 Å². The lowest BCUT2D eigenvalue weighted by Crippen LogP contribution is -2.29. The molecule has 0 unspecified atom stereocenters. The monoisotopic (exact) mass is 511 g/mol. The smallest absolute Gasteiger partial charge is 0.217 e. The van der Waals surface area contributed by atoms with Crippen molar-refractivity contribution in [1.29, 1.82) is 0 Å². The number of rotatable bonds is 3. The zero-order valence-corrected chi connectivity index (χ0v) is 23.7. The molecule has 7 rings (SSSR count). The Balaban J connectivity index is 1.45. The molecule has 2 heteroatoms. The van der Waals surface area contributed by atoms with Crippen LogP contribution in [0.15, 0.2) is 102 Å². The highest BCUT2D eigenvalue weighted by molar-refractivity contribution is 5.98. The molecular weight excluding hydrogens is 474 g/mol. The number of ether oxygens (including phenoxy) is 1. The van der Waals surface area contributed by atoms with E-state index in [0.29, 0.717) is 0 Å². The molecule has 3 atom stereocenters. The second-order valence-electron chi connectivity index (χ2n) is 13.2. The van der Waals surface area contributed by atoms with Crippen LogP contribution in [0.2, 0.25) is 0 Å². The molecular formula is C37H37NO. The Bertz CT molecular complexity index is 1590. The number of aliphatic imine (C=N–C) groups is 1. The summed E-state index contributed by atoms with van der Waals surface area (Å²) in [4.78, 5) is 5.38. The van der Waals surface area contributed by atoms with Gasteiger partial charge in [0.05, 0.1) is 0 Å². The zero-order valence-electron chi connectivity index (χ0n) is 23.7. The maximum absolute atomic E-state index is 6.92. The zero-order chi connectivity index (χ0) is 27.0. The fraction of sp³-hybridized carbons (Fsp3) is 0.324. The minimum atomic E-state index is -0.154. The predicted molar refractivity (Wildman–Crippen MR) is 160 cm³/mol. The normalized spacial score (nSPS) is 25.7. The van der Waals surface area contributed by atoms with Crippen LogP contribution < -0.4 is 0 Å². The van der Waals surface area contributed by atoms with Crippen molar-refractivity contribution in [2.24, 2.45) is 4.99 Å². The highest BCUT2D eigenvalue weighted by Crippen LogP contribution is 2.64. The van der Waals surface area contributed by atoms with Crippen LogP contribution in [0.1, 0.15) is 97.2 Å². The van der Waals surface area contributed by atoms with E-state index in [0.717, 1.165) is 24.3 Å². The van der Waals surface area contributed by atoms with E-state index in [1.807, 2.05) is 0 Å². The van der Waals surface area contributed by atoms with Crippen molar-refractivity contribution in [2.75, 3.05) is 0 Å². The van der Waals surface area contributed by atoms with Crippen LogP contribution >= 0.6 is 0 Å². The van der Waals surface area contributed by atoms with Gasteiger partial charge < -0.3 is 4.74 Å². The number of benzene rings is 4. The van der Waals surface area contributed by atoms with Crippen molar-refractivity contribution < 1.29 is 4.74 Å². The molecule has 0 bridgehead atoms. The molecule has 0 saturated heterocycles. The van der Waals surface area contributed by atoms with E-state index in [-0.39, 0.29) is 28.4 Å². The second kappa shape index (κ2) is 8.42. The Morgan fingerprint density at radius 3 is 1.85 bits per heavy atom. The van der Waals surface area contributed by atoms with E-state index < -0.39 is 0 Å². The van der Waals surface area contributed by atoms with Crippen molar-refractivity contribution >= 4 is 5.90 Å². The molecule has 0 saturated carbocycles. The van der Waals surface area contributed by atoms with Gasteiger partial charge in [-0.2, -0.15) is 0 Å². The summed E-state index contributed by atoms with van der Waals surface area (Å²) in [6.07, 6.45) is 2.05. The molecule has 2 nitrogen and oxygen atoms in total. The number of fused-ring (bicyclic) bond motifs is 4. The third kappa shape index (κ3) is 3.57. The SMILES string of the molecule is Cc1cccc2c1[C@]1(CC2(C)C)CC(C)(C)c2cccc(C3=N[C@@H](c4ccccc4)[C@H](c4ccccc4)O3)c21. The quantitative estimate of drug-likeness (QED) is 0.269. The van der Waals surface area contributed by atoms with Crippen LogP contribution in [0.5, 0.6) is 0 Å². The summed E-state index contributed by atoms with van der Waals surface area (Å²) in [5.41, 5.74) is 10.9. The van der Waals surface area contributed by atoms with Crippen LogP contribution in [0, 0.1) is 6.92 Å². The molecule has 0 aromatic heterocycles. The Morgan fingerprint density at radius 1 is 0.641 bits per heavy atom. The second-order valence-corrected chi connectivity index (χ2v) is 13.2. The Hall–Kier alpha value is -3.65. The van der Waals surface area contributed by atoms with Gasteiger partial charge in [-0.3, -0.25) is 0 Å². The van der Waals surface area contributed by atoms with E-state index in [9.17, 15) is 0 Å². The van der Waals surface area contributed by atoms with Crippen LogP contribution in [0.25, 0.3) is 0 Å². The topological polar surface area (TPSA) is 21.6 Å². The first-order chi connectivity index (χ1) is 18.7. The van der Waals surface area contributed by atoms with Crippen molar-refractivity contribution in [3.05, 3.63) is 142 Å². The summed E-state index contributed by atoms with van der Waals surface area (Å²) in [5, 5.41) is 0. The number of aryl methyl sites for hydroxylation is 1. The van der Waals surface area contributed by atoms with Crippen molar-refractivity contribution in [1.82, 2.24) is 0 Å². The van der Waals surface area contributed by atoms with E-state index in [1.165, 1.54) is 38.9 Å². The third-order valence-electron chi connectivity index (χ3n) is 9.52. The maximum Gasteiger partial charge on any atom is 0.217 e. The predicted octanol–water partition coefficient (Wildman–Crippen LogP) is 8.90. The van der Waals surface area contributed by atoms with Gasteiger partial charge in [-0.1, -0.05) is 119 Å². The molecule has 4 aromatic rings. The fourth-order valence-corrected chi connectivity index (χ4v) is 8.25. The van der Waals surface area contributed by atoms with E-state index in [4.69, 9.17) is 9.73 Å². The molecule has 0 amide bonds. The van der Waals surface area contributed by atoms with Crippen molar-refractivity contribution in [3.63, 3.8) is 0 Å². The number of nitrogens with zero attached hydrogens (tertiary/aromatic N) is 1. The minimum absolute atomic E-state index is 0.0570. The van der Waals surface area contributed by atoms with Crippen molar-refractivity contribution in [2.45, 2.75) is 75.9 Å². The minimum Gasteiger partial charge on any atom is -0.467 e. The number of hydrogen-bond acceptors (Lipinski definition) is 2. The van der Waals surface area contributed by atoms with Gasteiger partial charge in [0.2, 0.25) is 5.90 Å². The summed E-state index contributed by atoms with van der Waals surface area (Å²) < 4.78 is 6.92. The average Bonchev–Trinajstić information content (AvgIpc) is 3.54. The molecule has 3 aliphatic rings. The van der Waals surface area contributed by atoms with E-state index in [2.05, 4.69) is 132 Å². The van der Waals surface area contributed by atoms with Gasteiger partial charge in [0.15, 0.2) is 6.10 Å². The first-order valence-electron chi connectivity index (χ1n) is 14.3. The molecule has 196 valence electrons. The summed E-state index contributed by atoms with van der Waals surface area (Å²) in [6.45, 7) is 12.0. The lowest BCUT2D eigenvalue weighted by atomic mass is 9.70. The molecule has 1 heterocycles. The Morgan fingerprint density at radius 2 is 1.21 bits per heavy atom. The molecule has 1 spiro atoms. The largest absolute Gasteiger partial charge is 0.467 e. The molecule has 0 fully saturated rings. The van der Waals surface area contributed by atoms with Crippen LogP contribution in [0.3, 0.4) is 0 Å². The Kier molecular flexibility index (Phi) is 5.27. The van der Waals surface area contributed by atoms with E-state index in [1.54, 1.807) is 0 Å². The van der Waals surface area contributed by atoms with Crippen LogP contribution in [0.4, 0.5) is 0 Å². The average molecular weight is 512 g/mol. The van der Waals surface area contributed by atoms with Gasteiger partial charge in [0.1, 0.15) is 6.04 Å². The van der Waals surface area contributed by atoms with Gasteiger partial charge in [-0.05, 0) is 75.6 Å². The molecule has 1 aliphatic heterocycles. The first-order valence-corrected chi connectivity index (χ1v) is 14.3. The summed E-state index contributed by atoms with van der Waals surface area (Å²) in [6, 6.07) is 34.9. The van der Waals surface area contributed by atoms with E-state index >= 15 is 0 Å². The fourth-order valence-electron chi connectivity index (χ4n) is 8.25. The third-order valence-corrected chi connectivity index (χ3v) is 9.52. The lowest BCUT2D eigenvalue weighted by Gasteiger charge is -2.32.